The van der Waals surface area contributed by atoms with Crippen LogP contribution in [0.15, 0.2) is 0 Å². The fourth-order valence-electron chi connectivity index (χ4n) is 3.43. The third-order valence-corrected chi connectivity index (χ3v) is 4.59. The summed E-state index contributed by atoms with van der Waals surface area (Å²) >= 11 is 0. The minimum Gasteiger partial charge on any atom is -0.356 e. The van der Waals surface area contributed by atoms with E-state index in [1.165, 1.54) is 38.5 Å². The second kappa shape index (κ2) is 6.39. The first-order chi connectivity index (χ1) is 8.31. The maximum absolute atomic E-state index is 12.1. The zero-order chi connectivity index (χ0) is 12.1. The predicted octanol–water partition coefficient (Wildman–Crippen LogP) is 2.06. The highest BCUT2D eigenvalue weighted by Gasteiger charge is 2.31. The van der Waals surface area contributed by atoms with Gasteiger partial charge in [-0.15, -0.1) is 0 Å². The van der Waals surface area contributed by atoms with Crippen LogP contribution >= 0.6 is 0 Å². The van der Waals surface area contributed by atoms with Gasteiger partial charge < -0.3 is 11.1 Å². The summed E-state index contributed by atoms with van der Waals surface area (Å²) in [6.07, 6.45) is 10.0. The van der Waals surface area contributed by atoms with Crippen molar-refractivity contribution in [3.05, 3.63) is 0 Å². The van der Waals surface area contributed by atoms with E-state index >= 15 is 0 Å². The molecule has 2 atom stereocenters. The second-order valence-electron chi connectivity index (χ2n) is 5.78. The topological polar surface area (TPSA) is 55.1 Å². The molecular formula is C14H26N2O. The third-order valence-electron chi connectivity index (χ3n) is 4.59. The lowest BCUT2D eigenvalue weighted by Crippen LogP contribution is -2.37. The molecule has 0 aromatic carbocycles. The molecule has 0 saturated heterocycles. The van der Waals surface area contributed by atoms with Gasteiger partial charge in [0.1, 0.15) is 0 Å². The second-order valence-corrected chi connectivity index (χ2v) is 5.78. The molecule has 0 aromatic heterocycles. The average molecular weight is 238 g/mol. The first kappa shape index (κ1) is 12.9. The van der Waals surface area contributed by atoms with Crippen molar-refractivity contribution < 1.29 is 4.79 Å². The van der Waals surface area contributed by atoms with Crippen LogP contribution in [0.4, 0.5) is 0 Å². The van der Waals surface area contributed by atoms with Crippen LogP contribution in [-0.2, 0) is 4.79 Å². The monoisotopic (exact) mass is 238 g/mol. The summed E-state index contributed by atoms with van der Waals surface area (Å²) in [6.45, 7) is 1.56. The summed E-state index contributed by atoms with van der Waals surface area (Å²) in [6, 6.07) is 0. The summed E-state index contributed by atoms with van der Waals surface area (Å²) in [5, 5.41) is 3.16. The van der Waals surface area contributed by atoms with Crippen molar-refractivity contribution in [3.8, 4) is 0 Å². The fraction of sp³-hybridized carbons (Fsp3) is 0.929. The van der Waals surface area contributed by atoms with E-state index in [1.54, 1.807) is 0 Å². The van der Waals surface area contributed by atoms with Crippen LogP contribution in [0.5, 0.6) is 0 Å². The van der Waals surface area contributed by atoms with Crippen LogP contribution in [0.25, 0.3) is 0 Å². The summed E-state index contributed by atoms with van der Waals surface area (Å²) in [4.78, 5) is 12.1. The largest absolute Gasteiger partial charge is 0.356 e. The highest BCUT2D eigenvalue weighted by atomic mass is 16.1. The number of hydrogen-bond acceptors (Lipinski definition) is 2. The lowest BCUT2D eigenvalue weighted by atomic mass is 9.89. The van der Waals surface area contributed by atoms with Crippen molar-refractivity contribution in [2.75, 3.05) is 13.1 Å². The van der Waals surface area contributed by atoms with Crippen LogP contribution in [0, 0.1) is 17.8 Å². The van der Waals surface area contributed by atoms with Crippen LogP contribution in [0.3, 0.4) is 0 Å². The molecule has 3 N–H and O–H groups in total. The molecule has 17 heavy (non-hydrogen) atoms. The van der Waals surface area contributed by atoms with E-state index in [4.69, 9.17) is 5.73 Å². The molecule has 0 aliphatic heterocycles. The molecule has 2 saturated carbocycles. The van der Waals surface area contributed by atoms with Gasteiger partial charge >= 0.3 is 0 Å². The molecule has 0 bridgehead atoms. The molecule has 2 fully saturated rings. The van der Waals surface area contributed by atoms with Crippen molar-refractivity contribution in [2.24, 2.45) is 23.5 Å². The van der Waals surface area contributed by atoms with Crippen LogP contribution in [0.2, 0.25) is 0 Å². The van der Waals surface area contributed by atoms with E-state index in [1.807, 2.05) is 0 Å². The minimum atomic E-state index is 0.198. The molecule has 2 unspecified atom stereocenters. The number of nitrogens with two attached hydrogens (primary N) is 1. The zero-order valence-electron chi connectivity index (χ0n) is 10.8. The van der Waals surface area contributed by atoms with Gasteiger partial charge in [-0.3, -0.25) is 4.79 Å². The summed E-state index contributed by atoms with van der Waals surface area (Å²) in [7, 11) is 0. The van der Waals surface area contributed by atoms with Crippen LogP contribution in [-0.4, -0.2) is 19.0 Å². The number of rotatable bonds is 4. The Balaban J connectivity index is 1.72. The number of carbonyl (C=O) groups excluding carboxylic acids is 1. The number of hydrogen-bond donors (Lipinski definition) is 2. The standard InChI is InChI=1S/C14H26N2O/c15-9-12-7-4-8-13(12)14(17)16-10-11-5-2-1-3-6-11/h11-13H,1-10,15H2,(H,16,17). The molecular weight excluding hydrogens is 212 g/mol. The van der Waals surface area contributed by atoms with Gasteiger partial charge in [0.15, 0.2) is 0 Å². The fourth-order valence-corrected chi connectivity index (χ4v) is 3.43. The SMILES string of the molecule is NCC1CCCC1C(=O)NCC1CCCCC1. The smallest absolute Gasteiger partial charge is 0.223 e. The van der Waals surface area contributed by atoms with Gasteiger partial charge in [-0.25, -0.2) is 0 Å². The van der Waals surface area contributed by atoms with Crippen molar-refractivity contribution >= 4 is 5.91 Å². The first-order valence-corrected chi connectivity index (χ1v) is 7.29. The molecule has 2 aliphatic rings. The van der Waals surface area contributed by atoms with E-state index in [0.29, 0.717) is 12.5 Å². The van der Waals surface area contributed by atoms with Crippen molar-refractivity contribution in [2.45, 2.75) is 51.4 Å². The Kier molecular flexibility index (Phi) is 4.84. The van der Waals surface area contributed by atoms with Crippen molar-refractivity contribution in [1.29, 1.82) is 0 Å². The summed E-state index contributed by atoms with van der Waals surface area (Å²) in [5.41, 5.74) is 5.72. The van der Waals surface area contributed by atoms with Crippen molar-refractivity contribution in [1.82, 2.24) is 5.32 Å². The highest BCUT2D eigenvalue weighted by Crippen LogP contribution is 2.31. The Morgan fingerprint density at radius 2 is 1.82 bits per heavy atom. The lowest BCUT2D eigenvalue weighted by Gasteiger charge is -2.23. The highest BCUT2D eigenvalue weighted by molar-refractivity contribution is 5.79. The van der Waals surface area contributed by atoms with E-state index < -0.39 is 0 Å². The molecule has 3 heteroatoms. The molecule has 0 heterocycles. The third kappa shape index (κ3) is 3.44. The van der Waals surface area contributed by atoms with Crippen LogP contribution < -0.4 is 11.1 Å². The number of carbonyl (C=O) groups is 1. The minimum absolute atomic E-state index is 0.198. The normalized spacial score (nSPS) is 30.4. The van der Waals surface area contributed by atoms with Crippen molar-refractivity contribution in [3.63, 3.8) is 0 Å². The summed E-state index contributed by atoms with van der Waals surface area (Å²) < 4.78 is 0. The van der Waals surface area contributed by atoms with Gasteiger partial charge in [0.2, 0.25) is 5.91 Å². The summed E-state index contributed by atoms with van der Waals surface area (Å²) in [5.74, 6) is 1.62. The lowest BCUT2D eigenvalue weighted by molar-refractivity contribution is -0.126. The van der Waals surface area contributed by atoms with Gasteiger partial charge in [-0.05, 0) is 44.1 Å². The molecule has 0 spiro atoms. The Bertz CT molecular complexity index is 249. The molecule has 0 radical (unpaired) electrons. The first-order valence-electron chi connectivity index (χ1n) is 7.29. The Morgan fingerprint density at radius 1 is 1.06 bits per heavy atom. The van der Waals surface area contributed by atoms with E-state index in [-0.39, 0.29) is 11.8 Å². The maximum Gasteiger partial charge on any atom is 0.223 e. The van der Waals surface area contributed by atoms with Gasteiger partial charge in [0.25, 0.3) is 0 Å². The van der Waals surface area contributed by atoms with E-state index in [2.05, 4.69) is 5.32 Å². The molecule has 1 amide bonds. The molecule has 2 rings (SSSR count). The Morgan fingerprint density at radius 3 is 2.53 bits per heavy atom. The van der Waals surface area contributed by atoms with Gasteiger partial charge in [0, 0.05) is 12.5 Å². The van der Waals surface area contributed by atoms with Crippen LogP contribution in [0.1, 0.15) is 51.4 Å². The average Bonchev–Trinajstić information content (AvgIpc) is 2.85. The molecule has 0 aromatic rings. The number of amides is 1. The van der Waals surface area contributed by atoms with E-state index in [9.17, 15) is 4.79 Å². The number of nitrogens with one attached hydrogen (secondary N) is 1. The predicted molar refractivity (Wildman–Crippen MR) is 69.5 cm³/mol. The Labute approximate surface area is 105 Å². The molecule has 98 valence electrons. The Hall–Kier alpha value is -0.570. The molecule has 2 aliphatic carbocycles. The van der Waals surface area contributed by atoms with Gasteiger partial charge in [0.05, 0.1) is 0 Å². The van der Waals surface area contributed by atoms with E-state index in [0.717, 1.165) is 25.3 Å². The zero-order valence-corrected chi connectivity index (χ0v) is 10.8. The van der Waals surface area contributed by atoms with Gasteiger partial charge in [-0.1, -0.05) is 25.7 Å². The maximum atomic E-state index is 12.1. The van der Waals surface area contributed by atoms with Gasteiger partial charge in [-0.2, -0.15) is 0 Å². The molecule has 3 nitrogen and oxygen atoms in total. The quantitative estimate of drug-likeness (QED) is 0.787.